The molecule has 0 aliphatic rings. The Hall–Kier alpha value is 0.480. The Kier molecular flexibility index (Phi) is 9.98. The predicted octanol–water partition coefficient (Wildman–Crippen LogP) is -2.02. The molecule has 0 aliphatic carbocycles. The van der Waals surface area contributed by atoms with E-state index in [1.807, 2.05) is 0 Å². The lowest BCUT2D eigenvalue weighted by Crippen LogP contribution is -2.43. The summed E-state index contributed by atoms with van der Waals surface area (Å²) in [5.41, 5.74) is 0. The van der Waals surface area contributed by atoms with Gasteiger partial charge >= 0.3 is 30.4 Å². The number of hydrogen-bond acceptors (Lipinski definition) is 7. The van der Waals surface area contributed by atoms with Crippen molar-refractivity contribution in [2.24, 2.45) is 0 Å². The summed E-state index contributed by atoms with van der Waals surface area (Å²) in [6, 6.07) is 0. The Labute approximate surface area is 148 Å². The van der Waals surface area contributed by atoms with Gasteiger partial charge in [0, 0.05) is 0 Å². The van der Waals surface area contributed by atoms with E-state index in [1.54, 1.807) is 0 Å². The molecule has 26 heavy (non-hydrogen) atoms. The Balaban J connectivity index is 5.14. The fraction of sp³-hybridized carbons (Fsp3) is 1.00. The molecule has 0 unspecified atom stereocenters. The minimum Gasteiger partial charge on any atom is -0.324 e. The molecule has 0 aromatic carbocycles. The molecule has 0 aromatic rings. The summed E-state index contributed by atoms with van der Waals surface area (Å²) in [7, 11) is -17.4. The van der Waals surface area contributed by atoms with Crippen molar-refractivity contribution in [3.63, 3.8) is 0 Å². The molecule has 15 nitrogen and oxygen atoms in total. The van der Waals surface area contributed by atoms with Crippen LogP contribution in [0.2, 0.25) is 0 Å². The second-order valence-electron chi connectivity index (χ2n) is 5.70. The molecule has 8 N–H and O–H groups in total. The quantitative estimate of drug-likeness (QED) is 0.115. The topological polar surface area (TPSA) is 240 Å². The molecule has 0 aliphatic heterocycles. The summed E-state index contributed by atoms with van der Waals surface area (Å²) >= 11 is 0. The molecule has 0 saturated carbocycles. The highest BCUT2D eigenvalue weighted by atomic mass is 31.2. The Morgan fingerprint density at radius 1 is 0.538 bits per heavy atom. The minimum atomic E-state index is -4.67. The standard InChI is InChI=1S/C7H23N3O12P4/c1-8(2-9(4-23(11,12)13)5-24(14,15)16)3-10(6-25(17,18)19)7-26(20,21)22/h2-7H2,1H3,(H2,11,12,13)(H2,14,15,16)(H2,17,18,19)(H2,20,21,22). The third-order valence-corrected chi connectivity index (χ3v) is 5.49. The maximum absolute atomic E-state index is 11.1. The van der Waals surface area contributed by atoms with Gasteiger partial charge in [0.1, 0.15) is 25.1 Å². The maximum atomic E-state index is 11.1. The molecule has 0 rings (SSSR count). The van der Waals surface area contributed by atoms with Crippen LogP contribution in [-0.2, 0) is 18.3 Å². The number of rotatable bonds is 12. The van der Waals surface area contributed by atoms with Gasteiger partial charge < -0.3 is 39.1 Å². The summed E-state index contributed by atoms with van der Waals surface area (Å²) in [5, 5.41) is 0. The van der Waals surface area contributed by atoms with Crippen LogP contribution < -0.4 is 0 Å². The molecule has 0 fully saturated rings. The second-order valence-corrected chi connectivity index (χ2v) is 12.2. The highest BCUT2D eigenvalue weighted by molar-refractivity contribution is 7.53. The van der Waals surface area contributed by atoms with E-state index in [9.17, 15) is 18.3 Å². The lowest BCUT2D eigenvalue weighted by Gasteiger charge is -2.32. The minimum absolute atomic E-state index is 0.463. The zero-order valence-corrected chi connectivity index (χ0v) is 17.2. The van der Waals surface area contributed by atoms with Gasteiger partial charge in [0.25, 0.3) is 0 Å². The van der Waals surface area contributed by atoms with Gasteiger partial charge in [-0.15, -0.1) is 0 Å². The molecule has 0 aromatic heterocycles. The first-order valence-electron chi connectivity index (χ1n) is 6.57. The summed E-state index contributed by atoms with van der Waals surface area (Å²) in [6.07, 6.45) is -4.00. The maximum Gasteiger partial charge on any atom is 0.339 e. The molecule has 0 bridgehead atoms. The lowest BCUT2D eigenvalue weighted by molar-refractivity contribution is 0.114. The predicted molar refractivity (Wildman–Crippen MR) is 88.8 cm³/mol. The molecule has 0 radical (unpaired) electrons. The average molecular weight is 465 g/mol. The fourth-order valence-corrected chi connectivity index (χ4v) is 5.20. The molecule has 0 amide bonds. The lowest BCUT2D eigenvalue weighted by atomic mass is 10.7. The third-order valence-electron chi connectivity index (χ3n) is 2.42. The van der Waals surface area contributed by atoms with Crippen molar-refractivity contribution in [1.82, 2.24) is 14.7 Å². The molecule has 158 valence electrons. The van der Waals surface area contributed by atoms with Crippen molar-refractivity contribution in [1.29, 1.82) is 0 Å². The highest BCUT2D eigenvalue weighted by Crippen LogP contribution is 2.42. The van der Waals surface area contributed by atoms with Gasteiger partial charge in [-0.3, -0.25) is 33.0 Å². The first-order chi connectivity index (χ1) is 11.3. The van der Waals surface area contributed by atoms with Gasteiger partial charge in [0.05, 0.1) is 13.3 Å². The van der Waals surface area contributed by atoms with Crippen molar-refractivity contribution in [2.75, 3.05) is 45.5 Å². The largest absolute Gasteiger partial charge is 0.339 e. The van der Waals surface area contributed by atoms with Gasteiger partial charge in [-0.2, -0.15) is 0 Å². The van der Waals surface area contributed by atoms with Crippen molar-refractivity contribution >= 4 is 30.4 Å². The summed E-state index contributed by atoms with van der Waals surface area (Å²) in [6.45, 7) is -0.927. The molecular weight excluding hydrogens is 442 g/mol. The van der Waals surface area contributed by atoms with Crippen molar-refractivity contribution in [3.05, 3.63) is 0 Å². The zero-order valence-electron chi connectivity index (χ0n) is 13.6. The van der Waals surface area contributed by atoms with Crippen LogP contribution in [0.3, 0.4) is 0 Å². The van der Waals surface area contributed by atoms with Gasteiger partial charge in [-0.25, -0.2) is 0 Å². The smallest absolute Gasteiger partial charge is 0.324 e. The van der Waals surface area contributed by atoms with E-state index in [0.717, 1.165) is 4.90 Å². The summed E-state index contributed by atoms with van der Waals surface area (Å²) in [5.74, 6) is 0. The van der Waals surface area contributed by atoms with E-state index in [-0.39, 0.29) is 0 Å². The van der Waals surface area contributed by atoms with E-state index in [0.29, 0.717) is 9.80 Å². The number of hydrogen-bond donors (Lipinski definition) is 8. The van der Waals surface area contributed by atoms with Crippen LogP contribution in [0.5, 0.6) is 0 Å². The summed E-state index contributed by atoms with van der Waals surface area (Å²) in [4.78, 5) is 74.3. The van der Waals surface area contributed by atoms with Gasteiger partial charge in [0.15, 0.2) is 0 Å². The fourth-order valence-electron chi connectivity index (χ4n) is 2.04. The van der Waals surface area contributed by atoms with Crippen LogP contribution in [-0.4, -0.2) is 99.4 Å². The first kappa shape index (κ1) is 26.5. The van der Waals surface area contributed by atoms with E-state index in [4.69, 9.17) is 39.1 Å². The van der Waals surface area contributed by atoms with Crippen LogP contribution in [0.25, 0.3) is 0 Å². The SMILES string of the molecule is CN(CN(CP(=O)(O)O)CP(=O)(O)O)CN(CP(=O)(O)O)CP(=O)(O)O. The van der Waals surface area contributed by atoms with E-state index in [2.05, 4.69) is 0 Å². The van der Waals surface area contributed by atoms with Crippen molar-refractivity contribution in [3.8, 4) is 0 Å². The Morgan fingerprint density at radius 2 is 0.731 bits per heavy atom. The molecular formula is C7H23N3O12P4. The average Bonchev–Trinajstić information content (AvgIpc) is 2.16. The first-order valence-corrected chi connectivity index (χ1v) is 13.8. The van der Waals surface area contributed by atoms with Crippen LogP contribution in [0.1, 0.15) is 0 Å². The Bertz CT molecular complexity index is 533. The van der Waals surface area contributed by atoms with Crippen molar-refractivity contribution in [2.45, 2.75) is 0 Å². The molecule has 19 heteroatoms. The van der Waals surface area contributed by atoms with Gasteiger partial charge in [0.2, 0.25) is 0 Å². The monoisotopic (exact) mass is 465 g/mol. The second kappa shape index (κ2) is 9.80. The van der Waals surface area contributed by atoms with E-state index >= 15 is 0 Å². The third kappa shape index (κ3) is 16.6. The van der Waals surface area contributed by atoms with E-state index < -0.39 is 68.9 Å². The van der Waals surface area contributed by atoms with Crippen molar-refractivity contribution < 1.29 is 57.4 Å². The molecule has 0 saturated heterocycles. The number of nitrogens with zero attached hydrogens (tertiary/aromatic N) is 3. The Morgan fingerprint density at radius 3 is 0.885 bits per heavy atom. The molecule has 0 spiro atoms. The normalized spacial score (nSPS) is 14.6. The van der Waals surface area contributed by atoms with Gasteiger partial charge in [-0.05, 0) is 7.05 Å². The van der Waals surface area contributed by atoms with Crippen LogP contribution in [0, 0.1) is 0 Å². The zero-order chi connectivity index (χ0) is 21.0. The van der Waals surface area contributed by atoms with Crippen LogP contribution in [0.15, 0.2) is 0 Å². The van der Waals surface area contributed by atoms with Gasteiger partial charge in [-0.1, -0.05) is 0 Å². The van der Waals surface area contributed by atoms with Crippen LogP contribution in [0.4, 0.5) is 0 Å². The molecule has 0 atom stereocenters. The van der Waals surface area contributed by atoms with E-state index in [1.165, 1.54) is 7.05 Å². The highest BCUT2D eigenvalue weighted by Gasteiger charge is 2.29. The van der Waals surface area contributed by atoms with Crippen LogP contribution >= 0.6 is 30.4 Å². The molecule has 0 heterocycles. The summed E-state index contributed by atoms with van der Waals surface area (Å²) < 4.78 is 44.3.